The molecule has 0 aromatic heterocycles. The number of rotatable bonds is 0. The summed E-state index contributed by atoms with van der Waals surface area (Å²) >= 11 is 4.30. The number of alkyl halides is 2. The van der Waals surface area contributed by atoms with Crippen LogP contribution >= 0.6 is 45.2 Å². The largest absolute Gasteiger partial charge is 0.0901 e. The van der Waals surface area contributed by atoms with Crippen LogP contribution in [0.3, 0.4) is 0 Å². The maximum Gasteiger partial charge on any atom is -0.00573 e. The molecular weight excluding hydrogens is 518 g/mol. The van der Waals surface area contributed by atoms with Crippen LogP contribution in [0.4, 0.5) is 0 Å². The van der Waals surface area contributed by atoms with Crippen molar-refractivity contribution in [1.82, 2.24) is 0 Å². The Labute approximate surface area is 171 Å². The molecule has 0 radical (unpaired) electrons. The molecule has 0 bridgehead atoms. The molecule has 12 saturated carbocycles. The second-order valence-corrected chi connectivity index (χ2v) is 11.9. The van der Waals surface area contributed by atoms with E-state index in [-0.39, 0.29) is 0 Å². The minimum absolute atomic E-state index is 1.10. The van der Waals surface area contributed by atoms with Gasteiger partial charge in [-0.1, -0.05) is 45.2 Å². The fourth-order valence-corrected chi connectivity index (χ4v) is 17.5. The standard InChI is InChI=1S/C20H18.2CH3I/c1-5-6-2-11-14-12-4-8-7-3-10-13-9(1)15(5)16(6,11)20(14)18(8,12)17(7,10)19(13,15)20;2*1-2/h5-14H,1-4H2;2*1H3. The Morgan fingerprint density at radius 2 is 0.708 bits per heavy atom. The van der Waals surface area contributed by atoms with Crippen molar-refractivity contribution in [3.8, 4) is 0 Å². The summed E-state index contributed by atoms with van der Waals surface area (Å²) < 4.78 is 0. The van der Waals surface area contributed by atoms with E-state index < -0.39 is 0 Å². The van der Waals surface area contributed by atoms with Crippen molar-refractivity contribution in [2.45, 2.75) is 25.7 Å². The van der Waals surface area contributed by atoms with Crippen molar-refractivity contribution < 1.29 is 0 Å². The molecule has 12 fully saturated rings. The van der Waals surface area contributed by atoms with Crippen LogP contribution in [-0.2, 0) is 0 Å². The van der Waals surface area contributed by atoms with Gasteiger partial charge in [0.1, 0.15) is 0 Å². The first kappa shape index (κ1) is 12.8. The van der Waals surface area contributed by atoms with Gasteiger partial charge in [0.15, 0.2) is 0 Å². The Morgan fingerprint density at radius 3 is 0.958 bits per heavy atom. The molecule has 12 aliphatic rings. The fraction of sp³-hybridized carbons (Fsp3) is 1.00. The van der Waals surface area contributed by atoms with E-state index in [0.29, 0.717) is 0 Å². The molecular formula is C22H24I2. The molecule has 12 unspecified atom stereocenters. The molecule has 0 aromatic carbocycles. The first-order valence-electron chi connectivity index (χ1n) is 10.7. The smallest absolute Gasteiger partial charge is 0.00573 e. The van der Waals surface area contributed by atoms with E-state index in [4.69, 9.17) is 0 Å². The maximum atomic E-state index is 2.15. The summed E-state index contributed by atoms with van der Waals surface area (Å²) in [5.41, 5.74) is 6.61. The van der Waals surface area contributed by atoms with Gasteiger partial charge < -0.3 is 0 Å². The van der Waals surface area contributed by atoms with Gasteiger partial charge in [0.2, 0.25) is 0 Å². The molecule has 2 heteroatoms. The summed E-state index contributed by atoms with van der Waals surface area (Å²) in [6.45, 7) is 0. The summed E-state index contributed by atoms with van der Waals surface area (Å²) in [6.07, 6.45) is 6.96. The summed E-state index contributed by atoms with van der Waals surface area (Å²) in [5, 5.41) is 0. The Bertz CT molecular complexity index is 734. The van der Waals surface area contributed by atoms with E-state index in [1.807, 2.05) is 9.86 Å². The van der Waals surface area contributed by atoms with Gasteiger partial charge in [0, 0.05) is 0 Å². The van der Waals surface area contributed by atoms with Crippen LogP contribution in [0, 0.1) is 91.7 Å². The highest BCUT2D eigenvalue weighted by Crippen LogP contribution is 3.37. The van der Waals surface area contributed by atoms with Gasteiger partial charge in [-0.05, 0) is 127 Å². The van der Waals surface area contributed by atoms with Gasteiger partial charge in [0.25, 0.3) is 0 Å². The SMILES string of the molecule is C1C2C3CC4C5C6CC7C8CC9C%10C1C21C34C52C76C89C%1012.CI.CI. The lowest BCUT2D eigenvalue weighted by Crippen LogP contribution is -3.34. The lowest BCUT2D eigenvalue weighted by Gasteiger charge is -3.37. The van der Waals surface area contributed by atoms with Gasteiger partial charge in [-0.15, -0.1) is 0 Å². The van der Waals surface area contributed by atoms with Gasteiger partial charge in [-0.2, -0.15) is 0 Å². The molecule has 0 heterocycles. The van der Waals surface area contributed by atoms with Crippen LogP contribution in [0.5, 0.6) is 0 Å². The Kier molecular flexibility index (Phi) is 1.41. The highest BCUT2D eigenvalue weighted by Gasteiger charge is 3.35. The van der Waals surface area contributed by atoms with Crippen molar-refractivity contribution in [2.75, 3.05) is 9.86 Å². The average Bonchev–Trinajstić information content (AvgIpc) is 2.54. The zero-order valence-electron chi connectivity index (χ0n) is 14.4. The molecule has 0 aliphatic heterocycles. The monoisotopic (exact) mass is 542 g/mol. The molecule has 6 spiro atoms. The summed E-state index contributed by atoms with van der Waals surface area (Å²) in [6, 6.07) is 0. The molecule has 0 saturated heterocycles. The predicted molar refractivity (Wildman–Crippen MR) is 108 cm³/mol. The maximum absolute atomic E-state index is 2.15. The zero-order valence-corrected chi connectivity index (χ0v) is 18.7. The third-order valence-electron chi connectivity index (χ3n) is 15.0. The first-order valence-corrected chi connectivity index (χ1v) is 15.0. The normalized spacial score (nSPS) is 97.5. The van der Waals surface area contributed by atoms with Crippen LogP contribution in [0.2, 0.25) is 0 Å². The van der Waals surface area contributed by atoms with Crippen LogP contribution in [0.1, 0.15) is 25.7 Å². The first-order chi connectivity index (χ1) is 11.9. The highest BCUT2D eigenvalue weighted by molar-refractivity contribution is 14.1. The molecule has 126 valence electrons. The van der Waals surface area contributed by atoms with Crippen molar-refractivity contribution in [3.05, 3.63) is 0 Å². The molecule has 0 N–H and O–H groups in total. The number of fused-ring (bicyclic) bond motifs is 6. The fourth-order valence-electron chi connectivity index (χ4n) is 17.5. The minimum Gasteiger partial charge on any atom is -0.0901 e. The topological polar surface area (TPSA) is 0 Å². The van der Waals surface area contributed by atoms with Gasteiger partial charge >= 0.3 is 0 Å². The zero-order chi connectivity index (χ0) is 15.6. The predicted octanol–water partition coefficient (Wildman–Crippen LogP) is 4.89. The Balaban J connectivity index is 0.000000235. The van der Waals surface area contributed by atoms with Crippen molar-refractivity contribution in [3.63, 3.8) is 0 Å². The second-order valence-electron chi connectivity index (χ2n) is 11.9. The lowest BCUT2D eigenvalue weighted by molar-refractivity contribution is -0.912. The van der Waals surface area contributed by atoms with E-state index in [2.05, 4.69) is 45.2 Å². The Hall–Kier alpha value is 1.46. The number of hydrogen-bond acceptors (Lipinski definition) is 0. The Morgan fingerprint density at radius 1 is 0.458 bits per heavy atom. The summed E-state index contributed by atoms with van der Waals surface area (Å²) in [5.74, 6) is 13.3. The summed E-state index contributed by atoms with van der Waals surface area (Å²) in [7, 11) is 0. The van der Waals surface area contributed by atoms with E-state index in [0.717, 1.165) is 32.5 Å². The van der Waals surface area contributed by atoms with Crippen molar-refractivity contribution in [1.29, 1.82) is 0 Å². The van der Waals surface area contributed by atoms with Gasteiger partial charge in [0.05, 0.1) is 0 Å². The molecule has 12 rings (SSSR count). The summed E-state index contributed by atoms with van der Waals surface area (Å²) in [4.78, 5) is 3.94. The van der Waals surface area contributed by atoms with E-state index in [9.17, 15) is 0 Å². The number of hydrogen-bond donors (Lipinski definition) is 0. The highest BCUT2D eigenvalue weighted by atomic mass is 127. The van der Waals surface area contributed by atoms with E-state index >= 15 is 0 Å². The van der Waals surface area contributed by atoms with E-state index in [1.165, 1.54) is 59.2 Å². The quantitative estimate of drug-likeness (QED) is 0.302. The van der Waals surface area contributed by atoms with Gasteiger partial charge in [-0.3, -0.25) is 0 Å². The molecule has 0 aromatic rings. The molecule has 0 nitrogen and oxygen atoms in total. The minimum atomic E-state index is 1.10. The third kappa shape index (κ3) is 0.438. The van der Waals surface area contributed by atoms with Crippen LogP contribution < -0.4 is 0 Å². The molecule has 12 aliphatic carbocycles. The van der Waals surface area contributed by atoms with Crippen LogP contribution in [0.15, 0.2) is 0 Å². The third-order valence-corrected chi connectivity index (χ3v) is 15.0. The van der Waals surface area contributed by atoms with Crippen molar-refractivity contribution >= 4 is 45.2 Å². The van der Waals surface area contributed by atoms with E-state index in [1.54, 1.807) is 25.7 Å². The van der Waals surface area contributed by atoms with Crippen LogP contribution in [0.25, 0.3) is 0 Å². The molecule has 12 atom stereocenters. The van der Waals surface area contributed by atoms with Crippen LogP contribution in [-0.4, -0.2) is 9.86 Å². The van der Waals surface area contributed by atoms with Crippen molar-refractivity contribution in [2.24, 2.45) is 91.7 Å². The number of halogens is 2. The molecule has 0 amide bonds. The van der Waals surface area contributed by atoms with Gasteiger partial charge in [-0.25, -0.2) is 0 Å². The average molecular weight is 542 g/mol. The molecule has 24 heavy (non-hydrogen) atoms. The second kappa shape index (κ2) is 2.64. The lowest BCUT2D eigenvalue weighted by atomic mass is 8.66.